The van der Waals surface area contributed by atoms with Crippen molar-refractivity contribution in [3.8, 4) is 11.1 Å². The predicted molar refractivity (Wildman–Crippen MR) is 102 cm³/mol. The number of imidazole rings is 1. The van der Waals surface area contributed by atoms with Crippen molar-refractivity contribution in [2.75, 3.05) is 0 Å². The van der Waals surface area contributed by atoms with Crippen molar-refractivity contribution < 1.29 is 9.90 Å². The zero-order valence-electron chi connectivity index (χ0n) is 15.0. The second-order valence-electron chi connectivity index (χ2n) is 6.17. The predicted octanol–water partition coefficient (Wildman–Crippen LogP) is 0.0833. The SMILES string of the molecule is Cc1c(-c2ccc(CC(N)C(=O)O)n3ccnc23)c(=O)n(C)c(=O)n1C.Cl. The third-order valence-electron chi connectivity index (χ3n) is 4.61. The van der Waals surface area contributed by atoms with Crippen LogP contribution in [-0.2, 0) is 25.3 Å². The van der Waals surface area contributed by atoms with Gasteiger partial charge < -0.3 is 19.8 Å². The first kappa shape index (κ1) is 20.4. The van der Waals surface area contributed by atoms with E-state index < -0.39 is 23.3 Å². The Hall–Kier alpha value is -2.91. The number of rotatable bonds is 4. The summed E-state index contributed by atoms with van der Waals surface area (Å²) in [4.78, 5) is 40.1. The van der Waals surface area contributed by atoms with Gasteiger partial charge in [0, 0.05) is 49.9 Å². The molecule has 0 aliphatic heterocycles. The van der Waals surface area contributed by atoms with Gasteiger partial charge in [-0.3, -0.25) is 14.2 Å². The molecule has 1 atom stereocenters. The van der Waals surface area contributed by atoms with Crippen LogP contribution in [0, 0.1) is 6.92 Å². The molecule has 0 aromatic carbocycles. The van der Waals surface area contributed by atoms with Gasteiger partial charge in [-0.1, -0.05) is 0 Å². The van der Waals surface area contributed by atoms with Gasteiger partial charge in [0.25, 0.3) is 5.56 Å². The van der Waals surface area contributed by atoms with Crippen molar-refractivity contribution in [3.63, 3.8) is 0 Å². The van der Waals surface area contributed by atoms with Crippen LogP contribution in [-0.4, -0.2) is 35.6 Å². The van der Waals surface area contributed by atoms with E-state index >= 15 is 0 Å². The van der Waals surface area contributed by atoms with Gasteiger partial charge in [0.05, 0.1) is 5.56 Å². The number of carboxylic acids is 1. The number of carboxylic acid groups (broad SMARTS) is 1. The number of halogens is 1. The first-order valence-corrected chi connectivity index (χ1v) is 7.94. The number of nitrogens with zero attached hydrogens (tertiary/aromatic N) is 4. The Morgan fingerprint density at radius 3 is 2.56 bits per heavy atom. The summed E-state index contributed by atoms with van der Waals surface area (Å²) in [5, 5.41) is 9.03. The fourth-order valence-corrected chi connectivity index (χ4v) is 3.00. The average Bonchev–Trinajstić information content (AvgIpc) is 3.10. The molecule has 10 heteroatoms. The summed E-state index contributed by atoms with van der Waals surface area (Å²) in [6, 6.07) is 2.38. The Kier molecular flexibility index (Phi) is 5.57. The summed E-state index contributed by atoms with van der Waals surface area (Å²) in [6.45, 7) is 1.70. The number of pyridine rings is 1. The fraction of sp³-hybridized carbons (Fsp3) is 0.294. The van der Waals surface area contributed by atoms with E-state index in [4.69, 9.17) is 10.8 Å². The molecule has 1 unspecified atom stereocenters. The molecule has 3 heterocycles. The first-order valence-electron chi connectivity index (χ1n) is 7.94. The molecule has 0 fully saturated rings. The van der Waals surface area contributed by atoms with Gasteiger partial charge in [0.15, 0.2) is 0 Å². The summed E-state index contributed by atoms with van der Waals surface area (Å²) in [7, 11) is 3.03. The van der Waals surface area contributed by atoms with Gasteiger partial charge in [0.1, 0.15) is 11.7 Å². The largest absolute Gasteiger partial charge is 0.480 e. The minimum Gasteiger partial charge on any atom is -0.480 e. The fourth-order valence-electron chi connectivity index (χ4n) is 3.00. The quantitative estimate of drug-likeness (QED) is 0.647. The van der Waals surface area contributed by atoms with Crippen LogP contribution in [0.3, 0.4) is 0 Å². The maximum Gasteiger partial charge on any atom is 0.330 e. The minimum atomic E-state index is -1.09. The third kappa shape index (κ3) is 3.26. The molecule has 3 aromatic rings. The second kappa shape index (κ2) is 7.37. The second-order valence-corrected chi connectivity index (χ2v) is 6.17. The molecular formula is C17H20ClN5O4. The number of hydrogen-bond donors (Lipinski definition) is 2. The summed E-state index contributed by atoms with van der Waals surface area (Å²) < 4.78 is 4.17. The minimum absolute atomic E-state index is 0. The molecule has 0 saturated heterocycles. The highest BCUT2D eigenvalue weighted by Gasteiger charge is 2.20. The summed E-state index contributed by atoms with van der Waals surface area (Å²) >= 11 is 0. The van der Waals surface area contributed by atoms with Crippen LogP contribution >= 0.6 is 12.4 Å². The van der Waals surface area contributed by atoms with E-state index in [1.165, 1.54) is 11.6 Å². The lowest BCUT2D eigenvalue weighted by Gasteiger charge is -2.15. The van der Waals surface area contributed by atoms with Gasteiger partial charge in [-0.15, -0.1) is 12.4 Å². The number of fused-ring (bicyclic) bond motifs is 1. The standard InChI is InChI=1S/C17H19N5O4.ClH/c1-9-13(15(23)21(3)17(26)20(9)2)11-5-4-10(8-12(18)16(24)25)22-7-6-19-14(11)22;/h4-7,12H,8,18H2,1-3H3,(H,24,25);1H. The summed E-state index contributed by atoms with van der Waals surface area (Å²) in [5.74, 6) is -1.09. The summed E-state index contributed by atoms with van der Waals surface area (Å²) in [5.41, 5.74) is 7.45. The van der Waals surface area contributed by atoms with Gasteiger partial charge >= 0.3 is 11.7 Å². The lowest BCUT2D eigenvalue weighted by atomic mass is 10.0. The topological polar surface area (TPSA) is 125 Å². The lowest BCUT2D eigenvalue weighted by Crippen LogP contribution is -2.39. The van der Waals surface area contributed by atoms with E-state index in [1.807, 2.05) is 0 Å². The van der Waals surface area contributed by atoms with Crippen LogP contribution in [0.5, 0.6) is 0 Å². The number of aliphatic carboxylic acids is 1. The van der Waals surface area contributed by atoms with Crippen molar-refractivity contribution in [1.29, 1.82) is 0 Å². The van der Waals surface area contributed by atoms with Crippen molar-refractivity contribution in [1.82, 2.24) is 18.5 Å². The van der Waals surface area contributed by atoms with Gasteiger partial charge in [-0.2, -0.15) is 0 Å². The highest BCUT2D eigenvalue weighted by Crippen LogP contribution is 2.24. The molecule has 0 aliphatic rings. The lowest BCUT2D eigenvalue weighted by molar-refractivity contribution is -0.138. The van der Waals surface area contributed by atoms with Crippen LogP contribution in [0.15, 0.2) is 34.1 Å². The van der Waals surface area contributed by atoms with Gasteiger partial charge in [-0.05, 0) is 19.1 Å². The van der Waals surface area contributed by atoms with E-state index in [1.54, 1.807) is 42.9 Å². The first-order chi connectivity index (χ1) is 12.2. The van der Waals surface area contributed by atoms with Crippen molar-refractivity contribution in [2.45, 2.75) is 19.4 Å². The van der Waals surface area contributed by atoms with E-state index in [9.17, 15) is 14.4 Å². The smallest absolute Gasteiger partial charge is 0.330 e. The molecule has 0 aliphatic carbocycles. The van der Waals surface area contributed by atoms with Crippen molar-refractivity contribution in [3.05, 3.63) is 56.8 Å². The van der Waals surface area contributed by atoms with Crippen LogP contribution in [0.25, 0.3) is 16.8 Å². The molecule has 0 saturated carbocycles. The normalized spacial score (nSPS) is 12.0. The van der Waals surface area contributed by atoms with E-state index in [0.29, 0.717) is 28.2 Å². The van der Waals surface area contributed by atoms with Crippen LogP contribution in [0.2, 0.25) is 0 Å². The highest BCUT2D eigenvalue weighted by molar-refractivity contribution is 5.85. The molecule has 9 nitrogen and oxygen atoms in total. The summed E-state index contributed by atoms with van der Waals surface area (Å²) in [6.07, 6.45) is 3.37. The van der Waals surface area contributed by atoms with Gasteiger partial charge in [0.2, 0.25) is 0 Å². The zero-order valence-corrected chi connectivity index (χ0v) is 15.9. The number of carbonyl (C=O) groups is 1. The monoisotopic (exact) mass is 393 g/mol. The van der Waals surface area contributed by atoms with Crippen LogP contribution in [0.1, 0.15) is 11.4 Å². The van der Waals surface area contributed by atoms with E-state index in [-0.39, 0.29) is 18.8 Å². The Morgan fingerprint density at radius 2 is 1.93 bits per heavy atom. The van der Waals surface area contributed by atoms with Crippen molar-refractivity contribution in [2.24, 2.45) is 19.8 Å². The molecule has 0 radical (unpaired) electrons. The van der Waals surface area contributed by atoms with Crippen LogP contribution < -0.4 is 17.0 Å². The van der Waals surface area contributed by atoms with Crippen LogP contribution in [0.4, 0.5) is 0 Å². The number of aromatic nitrogens is 4. The highest BCUT2D eigenvalue weighted by atomic mass is 35.5. The maximum atomic E-state index is 12.7. The van der Waals surface area contributed by atoms with Gasteiger partial charge in [-0.25, -0.2) is 9.78 Å². The molecule has 0 spiro atoms. The molecule has 144 valence electrons. The Morgan fingerprint density at radius 1 is 1.26 bits per heavy atom. The molecule has 3 rings (SSSR count). The zero-order chi connectivity index (χ0) is 19.2. The number of hydrogen-bond acceptors (Lipinski definition) is 5. The molecule has 27 heavy (non-hydrogen) atoms. The number of nitrogens with two attached hydrogens (primary N) is 1. The molecular weight excluding hydrogens is 374 g/mol. The van der Waals surface area contributed by atoms with E-state index in [2.05, 4.69) is 4.98 Å². The molecule has 3 N–H and O–H groups in total. The maximum absolute atomic E-state index is 12.7. The van der Waals surface area contributed by atoms with E-state index in [0.717, 1.165) is 4.57 Å². The third-order valence-corrected chi connectivity index (χ3v) is 4.61. The molecule has 3 aromatic heterocycles. The Labute approximate surface area is 160 Å². The Bertz CT molecular complexity index is 1140. The van der Waals surface area contributed by atoms with Crippen molar-refractivity contribution >= 4 is 24.0 Å². The molecule has 0 amide bonds. The Balaban J connectivity index is 0.00000261. The molecule has 0 bridgehead atoms. The average molecular weight is 394 g/mol.